The summed E-state index contributed by atoms with van der Waals surface area (Å²) in [6.07, 6.45) is 1.63. The van der Waals surface area contributed by atoms with E-state index in [-0.39, 0.29) is 23.1 Å². The number of hydrogen-bond acceptors (Lipinski definition) is 3. The van der Waals surface area contributed by atoms with E-state index in [1.165, 1.54) is 0 Å². The maximum absolute atomic E-state index is 12.0. The maximum Gasteiger partial charge on any atom is 0.224 e. The third-order valence-electron chi connectivity index (χ3n) is 3.27. The van der Waals surface area contributed by atoms with Crippen molar-refractivity contribution in [3.63, 3.8) is 0 Å². The Kier molecular flexibility index (Phi) is 6.18. The molecule has 5 heteroatoms. The van der Waals surface area contributed by atoms with Crippen LogP contribution >= 0.6 is 0 Å². The highest BCUT2D eigenvalue weighted by molar-refractivity contribution is 7.84. The Bertz CT molecular complexity index is 436. The van der Waals surface area contributed by atoms with Crippen LogP contribution in [0.25, 0.3) is 0 Å². The van der Waals surface area contributed by atoms with Crippen molar-refractivity contribution in [2.75, 3.05) is 12.8 Å². The number of carbonyl (C=O) groups excluding carboxylic acids is 1. The molecule has 0 aliphatic carbocycles. The molecule has 0 bridgehead atoms. The average molecular weight is 282 g/mol. The minimum absolute atomic E-state index is 0.0518. The van der Waals surface area contributed by atoms with Crippen LogP contribution in [0.1, 0.15) is 25.5 Å². The van der Waals surface area contributed by atoms with Gasteiger partial charge in [0.2, 0.25) is 5.91 Å². The third-order valence-corrected chi connectivity index (χ3v) is 4.57. The molecule has 106 valence electrons. The summed E-state index contributed by atoms with van der Waals surface area (Å²) in [6, 6.07) is 9.23. The number of carbonyl (C=O) groups is 1. The van der Waals surface area contributed by atoms with Gasteiger partial charge in [-0.2, -0.15) is 0 Å². The van der Waals surface area contributed by atoms with Gasteiger partial charge < -0.3 is 11.1 Å². The van der Waals surface area contributed by atoms with Crippen LogP contribution in [-0.4, -0.2) is 28.2 Å². The summed E-state index contributed by atoms with van der Waals surface area (Å²) in [5.74, 6) is -0.423. The normalized spacial score (nSPS) is 17.3. The molecule has 0 radical (unpaired) electrons. The number of nitrogens with two attached hydrogens (primary N) is 1. The lowest BCUT2D eigenvalue weighted by Crippen LogP contribution is -2.39. The Morgan fingerprint density at radius 2 is 1.89 bits per heavy atom. The number of rotatable bonds is 6. The summed E-state index contributed by atoms with van der Waals surface area (Å²) < 4.78 is 11.2. The smallest absolute Gasteiger partial charge is 0.224 e. The van der Waals surface area contributed by atoms with Crippen LogP contribution in [0.15, 0.2) is 30.3 Å². The van der Waals surface area contributed by atoms with Crippen LogP contribution in [0.2, 0.25) is 0 Å². The Hall–Kier alpha value is -1.20. The Morgan fingerprint density at radius 3 is 2.42 bits per heavy atom. The molecule has 3 N–H and O–H groups in total. The monoisotopic (exact) mass is 282 g/mol. The topological polar surface area (TPSA) is 72.2 Å². The van der Waals surface area contributed by atoms with Crippen molar-refractivity contribution in [2.24, 2.45) is 11.7 Å². The lowest BCUT2D eigenvalue weighted by Gasteiger charge is -2.20. The molecule has 4 unspecified atom stereocenters. The molecule has 1 aromatic rings. The molecule has 4 atom stereocenters. The first-order valence-corrected chi connectivity index (χ1v) is 7.96. The highest BCUT2D eigenvalue weighted by Gasteiger charge is 2.22. The summed E-state index contributed by atoms with van der Waals surface area (Å²) in [5.41, 5.74) is 7.03. The van der Waals surface area contributed by atoms with Crippen molar-refractivity contribution in [3.8, 4) is 0 Å². The van der Waals surface area contributed by atoms with Gasteiger partial charge in [0, 0.05) is 34.9 Å². The molecule has 1 rings (SSSR count). The van der Waals surface area contributed by atoms with Gasteiger partial charge in [-0.1, -0.05) is 37.3 Å². The SMILES string of the molecule is CC(C(=O)NCC(C)S(C)=O)C(N)c1ccccc1. The highest BCUT2D eigenvalue weighted by atomic mass is 32.2. The van der Waals surface area contributed by atoms with Crippen LogP contribution in [-0.2, 0) is 15.6 Å². The van der Waals surface area contributed by atoms with Crippen molar-refractivity contribution in [2.45, 2.75) is 25.1 Å². The predicted molar refractivity (Wildman–Crippen MR) is 79.1 cm³/mol. The van der Waals surface area contributed by atoms with E-state index in [4.69, 9.17) is 5.73 Å². The number of nitrogens with one attached hydrogen (secondary N) is 1. The Morgan fingerprint density at radius 1 is 1.32 bits per heavy atom. The van der Waals surface area contributed by atoms with E-state index in [0.29, 0.717) is 6.54 Å². The molecule has 0 aliphatic heterocycles. The van der Waals surface area contributed by atoms with Crippen molar-refractivity contribution < 1.29 is 9.00 Å². The van der Waals surface area contributed by atoms with Gasteiger partial charge in [-0.15, -0.1) is 0 Å². The van der Waals surface area contributed by atoms with Gasteiger partial charge in [0.15, 0.2) is 0 Å². The molecule has 4 nitrogen and oxygen atoms in total. The molecule has 0 aromatic heterocycles. The number of benzene rings is 1. The van der Waals surface area contributed by atoms with Crippen LogP contribution in [0.5, 0.6) is 0 Å². The predicted octanol–water partition coefficient (Wildman–Crippen LogP) is 1.21. The van der Waals surface area contributed by atoms with Gasteiger partial charge in [-0.3, -0.25) is 9.00 Å². The summed E-state index contributed by atoms with van der Waals surface area (Å²) in [5, 5.41) is 2.75. The molecule has 1 amide bonds. The van der Waals surface area contributed by atoms with Crippen LogP contribution in [0, 0.1) is 5.92 Å². The van der Waals surface area contributed by atoms with Gasteiger partial charge in [0.1, 0.15) is 0 Å². The minimum atomic E-state index is -0.933. The standard InChI is InChI=1S/C14H22N2O2S/c1-10(19(3)18)9-16-14(17)11(2)13(15)12-7-5-4-6-8-12/h4-8,10-11,13H,9,15H2,1-3H3,(H,16,17). The molecule has 19 heavy (non-hydrogen) atoms. The zero-order valence-corrected chi connectivity index (χ0v) is 12.4. The van der Waals surface area contributed by atoms with Gasteiger partial charge >= 0.3 is 0 Å². The number of hydrogen-bond donors (Lipinski definition) is 2. The fraction of sp³-hybridized carbons (Fsp3) is 0.500. The fourth-order valence-corrected chi connectivity index (χ4v) is 1.97. The molecular formula is C14H22N2O2S. The van der Waals surface area contributed by atoms with Crippen LogP contribution in [0.3, 0.4) is 0 Å². The lowest BCUT2D eigenvalue weighted by molar-refractivity contribution is -0.125. The van der Waals surface area contributed by atoms with E-state index in [1.54, 1.807) is 13.2 Å². The van der Waals surface area contributed by atoms with Gasteiger partial charge in [-0.05, 0) is 12.5 Å². The first-order chi connectivity index (χ1) is 8.93. The Balaban J connectivity index is 2.55. The minimum Gasteiger partial charge on any atom is -0.355 e. The van der Waals surface area contributed by atoms with Crippen LogP contribution < -0.4 is 11.1 Å². The summed E-state index contributed by atoms with van der Waals surface area (Å²) >= 11 is 0. The van der Waals surface area contributed by atoms with Crippen molar-refractivity contribution >= 4 is 16.7 Å². The molecular weight excluding hydrogens is 260 g/mol. The second-order valence-electron chi connectivity index (χ2n) is 4.78. The molecule has 0 saturated heterocycles. The van der Waals surface area contributed by atoms with Crippen molar-refractivity contribution in [3.05, 3.63) is 35.9 Å². The fourth-order valence-electron chi connectivity index (χ4n) is 1.65. The van der Waals surface area contributed by atoms with E-state index < -0.39 is 10.8 Å². The molecule has 0 fully saturated rings. The molecule has 0 heterocycles. The van der Waals surface area contributed by atoms with Crippen LogP contribution in [0.4, 0.5) is 0 Å². The van der Waals surface area contributed by atoms with E-state index >= 15 is 0 Å². The average Bonchev–Trinajstić information content (AvgIpc) is 2.43. The van der Waals surface area contributed by atoms with E-state index in [0.717, 1.165) is 5.56 Å². The van der Waals surface area contributed by atoms with Gasteiger partial charge in [-0.25, -0.2) is 0 Å². The first-order valence-electron chi connectivity index (χ1n) is 6.34. The van der Waals surface area contributed by atoms with E-state index in [1.807, 2.05) is 37.3 Å². The summed E-state index contributed by atoms with van der Waals surface area (Å²) in [7, 11) is -0.933. The molecule has 0 aliphatic rings. The lowest BCUT2D eigenvalue weighted by atomic mass is 9.95. The van der Waals surface area contributed by atoms with Gasteiger partial charge in [0.25, 0.3) is 0 Å². The third kappa shape index (κ3) is 4.76. The quantitative estimate of drug-likeness (QED) is 0.823. The Labute approximate surface area is 117 Å². The first kappa shape index (κ1) is 15.9. The molecule has 0 saturated carbocycles. The second kappa shape index (κ2) is 7.40. The molecule has 1 aromatic carbocycles. The van der Waals surface area contributed by atoms with E-state index in [2.05, 4.69) is 5.32 Å². The van der Waals surface area contributed by atoms with Crippen molar-refractivity contribution in [1.82, 2.24) is 5.32 Å². The summed E-state index contributed by atoms with van der Waals surface area (Å²) in [6.45, 7) is 4.06. The highest BCUT2D eigenvalue weighted by Crippen LogP contribution is 2.18. The zero-order chi connectivity index (χ0) is 14.4. The van der Waals surface area contributed by atoms with E-state index in [9.17, 15) is 9.00 Å². The molecule has 0 spiro atoms. The van der Waals surface area contributed by atoms with Gasteiger partial charge in [0.05, 0.1) is 5.92 Å². The largest absolute Gasteiger partial charge is 0.355 e. The number of amides is 1. The zero-order valence-electron chi connectivity index (χ0n) is 11.6. The maximum atomic E-state index is 12.0. The second-order valence-corrected chi connectivity index (χ2v) is 6.58. The summed E-state index contributed by atoms with van der Waals surface area (Å²) in [4.78, 5) is 12.0. The van der Waals surface area contributed by atoms with Crippen molar-refractivity contribution in [1.29, 1.82) is 0 Å².